The summed E-state index contributed by atoms with van der Waals surface area (Å²) in [4.78, 5) is 11.5. The zero-order valence-electron chi connectivity index (χ0n) is 9.58. The van der Waals surface area contributed by atoms with E-state index >= 15 is 0 Å². The second-order valence-electron chi connectivity index (χ2n) is 4.21. The third-order valence-electron chi connectivity index (χ3n) is 2.43. The Labute approximate surface area is 95.7 Å². The van der Waals surface area contributed by atoms with Crippen LogP contribution < -0.4 is 5.73 Å². The molecule has 2 N–H and O–H groups in total. The molecule has 88 valence electrons. The highest BCUT2D eigenvalue weighted by atomic mass is 19.1. The van der Waals surface area contributed by atoms with E-state index in [1.165, 1.54) is 12.1 Å². The average Bonchev–Trinajstić information content (AvgIpc) is 2.21. The summed E-state index contributed by atoms with van der Waals surface area (Å²) in [6, 6.07) is 6.21. The van der Waals surface area contributed by atoms with Gasteiger partial charge < -0.3 is 5.73 Å². The van der Waals surface area contributed by atoms with Gasteiger partial charge in [-0.25, -0.2) is 4.39 Å². The second kappa shape index (κ2) is 6.38. The summed E-state index contributed by atoms with van der Waals surface area (Å²) in [7, 11) is 0. The number of hydrogen-bond acceptors (Lipinski definition) is 2. The highest BCUT2D eigenvalue weighted by Gasteiger charge is 2.04. The van der Waals surface area contributed by atoms with Gasteiger partial charge >= 0.3 is 0 Å². The zero-order valence-corrected chi connectivity index (χ0v) is 9.58. The third-order valence-corrected chi connectivity index (χ3v) is 2.43. The van der Waals surface area contributed by atoms with Crippen molar-refractivity contribution in [2.24, 2.45) is 5.73 Å². The number of benzene rings is 1. The molecule has 1 aromatic rings. The minimum Gasteiger partial charge on any atom is -0.328 e. The van der Waals surface area contributed by atoms with Crippen LogP contribution in [-0.2, 0) is 11.2 Å². The highest BCUT2D eigenvalue weighted by Crippen LogP contribution is 2.07. The van der Waals surface area contributed by atoms with Crippen LogP contribution in [0.4, 0.5) is 4.39 Å². The fourth-order valence-electron chi connectivity index (χ4n) is 1.54. The Bertz CT molecular complexity index is 332. The largest absolute Gasteiger partial charge is 0.328 e. The molecule has 0 saturated carbocycles. The van der Waals surface area contributed by atoms with Gasteiger partial charge in [-0.3, -0.25) is 4.79 Å². The maximum Gasteiger partial charge on any atom is 0.137 e. The average molecular weight is 223 g/mol. The van der Waals surface area contributed by atoms with Crippen LogP contribution in [-0.4, -0.2) is 11.8 Å². The third kappa shape index (κ3) is 5.03. The van der Waals surface area contributed by atoms with Gasteiger partial charge in [-0.2, -0.15) is 0 Å². The van der Waals surface area contributed by atoms with E-state index in [2.05, 4.69) is 0 Å². The van der Waals surface area contributed by atoms with E-state index in [9.17, 15) is 9.18 Å². The lowest BCUT2D eigenvalue weighted by Crippen LogP contribution is -2.15. The van der Waals surface area contributed by atoms with Crippen molar-refractivity contribution < 1.29 is 9.18 Å². The summed E-state index contributed by atoms with van der Waals surface area (Å²) >= 11 is 0. The van der Waals surface area contributed by atoms with Gasteiger partial charge in [-0.05, 0) is 37.5 Å². The van der Waals surface area contributed by atoms with Crippen molar-refractivity contribution in [1.29, 1.82) is 0 Å². The van der Waals surface area contributed by atoms with E-state index in [-0.39, 0.29) is 17.6 Å². The molecule has 0 spiro atoms. The molecule has 0 saturated heterocycles. The van der Waals surface area contributed by atoms with Crippen LogP contribution in [0.25, 0.3) is 0 Å². The maximum atomic E-state index is 12.6. The van der Waals surface area contributed by atoms with E-state index < -0.39 is 0 Å². The summed E-state index contributed by atoms with van der Waals surface area (Å²) in [5.74, 6) is -0.0830. The fourth-order valence-corrected chi connectivity index (χ4v) is 1.54. The van der Waals surface area contributed by atoms with E-state index in [1.54, 1.807) is 12.1 Å². The van der Waals surface area contributed by atoms with Gasteiger partial charge in [0.1, 0.15) is 11.6 Å². The molecule has 0 radical (unpaired) electrons. The first kappa shape index (κ1) is 12.8. The first-order valence-electron chi connectivity index (χ1n) is 5.59. The molecule has 16 heavy (non-hydrogen) atoms. The summed E-state index contributed by atoms with van der Waals surface area (Å²) in [6.07, 6.45) is 2.64. The van der Waals surface area contributed by atoms with Gasteiger partial charge in [0.05, 0.1) is 0 Å². The van der Waals surface area contributed by atoms with Gasteiger partial charge in [-0.15, -0.1) is 0 Å². The van der Waals surface area contributed by atoms with Gasteiger partial charge in [0.25, 0.3) is 0 Å². The molecular formula is C13H18FNO. The van der Waals surface area contributed by atoms with Gasteiger partial charge in [0, 0.05) is 18.9 Å². The Kier molecular flexibility index (Phi) is 5.12. The van der Waals surface area contributed by atoms with Crippen LogP contribution >= 0.6 is 0 Å². The van der Waals surface area contributed by atoms with Gasteiger partial charge in [0.15, 0.2) is 0 Å². The lowest BCUT2D eigenvalue weighted by atomic mass is 10.0. The molecule has 0 fully saturated rings. The molecule has 0 aliphatic carbocycles. The van der Waals surface area contributed by atoms with Crippen LogP contribution in [0.3, 0.4) is 0 Å². The summed E-state index contributed by atoms with van der Waals surface area (Å²) < 4.78 is 12.6. The van der Waals surface area contributed by atoms with Crippen molar-refractivity contribution in [3.8, 4) is 0 Å². The molecule has 0 bridgehead atoms. The lowest BCUT2D eigenvalue weighted by Gasteiger charge is -2.04. The number of hydrogen-bond donors (Lipinski definition) is 1. The summed E-state index contributed by atoms with van der Waals surface area (Å²) in [5.41, 5.74) is 6.46. The Hall–Kier alpha value is -1.22. The standard InChI is InChI=1S/C13H18FNO/c1-10(15)3-2-4-13(16)9-11-5-7-12(14)8-6-11/h5-8,10H,2-4,9,15H2,1H3. The van der Waals surface area contributed by atoms with Crippen LogP contribution in [0, 0.1) is 5.82 Å². The number of Topliss-reactive ketones (excluding diaryl/α,β-unsaturated/α-hetero) is 1. The first-order valence-corrected chi connectivity index (χ1v) is 5.59. The number of halogens is 1. The molecule has 0 amide bonds. The van der Waals surface area contributed by atoms with E-state index in [0.29, 0.717) is 12.8 Å². The topological polar surface area (TPSA) is 43.1 Å². The molecule has 0 aromatic heterocycles. The first-order chi connectivity index (χ1) is 7.58. The van der Waals surface area contributed by atoms with Gasteiger partial charge in [-0.1, -0.05) is 12.1 Å². The Balaban J connectivity index is 2.31. The van der Waals surface area contributed by atoms with Crippen LogP contribution in [0.5, 0.6) is 0 Å². The number of ketones is 1. The quantitative estimate of drug-likeness (QED) is 0.805. The van der Waals surface area contributed by atoms with Crippen LogP contribution in [0.1, 0.15) is 31.7 Å². The molecule has 3 heteroatoms. The molecule has 1 rings (SSSR count). The number of carbonyl (C=O) groups excluding carboxylic acids is 1. The number of nitrogens with two attached hydrogens (primary N) is 1. The Morgan fingerprint density at radius 1 is 1.38 bits per heavy atom. The van der Waals surface area contributed by atoms with Crippen molar-refractivity contribution in [2.75, 3.05) is 0 Å². The lowest BCUT2D eigenvalue weighted by molar-refractivity contribution is -0.118. The minimum atomic E-state index is -0.270. The molecule has 0 heterocycles. The smallest absolute Gasteiger partial charge is 0.137 e. The molecule has 1 aromatic carbocycles. The fraction of sp³-hybridized carbons (Fsp3) is 0.462. The molecule has 1 unspecified atom stereocenters. The number of rotatable bonds is 6. The second-order valence-corrected chi connectivity index (χ2v) is 4.21. The summed E-state index contributed by atoms with van der Waals surface area (Å²) in [5, 5.41) is 0. The van der Waals surface area contributed by atoms with Crippen molar-refractivity contribution >= 4 is 5.78 Å². The van der Waals surface area contributed by atoms with E-state index in [4.69, 9.17) is 5.73 Å². The van der Waals surface area contributed by atoms with Gasteiger partial charge in [0.2, 0.25) is 0 Å². The maximum absolute atomic E-state index is 12.6. The molecule has 0 aliphatic heterocycles. The van der Waals surface area contributed by atoms with Crippen LogP contribution in [0.2, 0.25) is 0 Å². The minimum absolute atomic E-state index is 0.152. The summed E-state index contributed by atoms with van der Waals surface area (Å²) in [6.45, 7) is 1.93. The number of carbonyl (C=O) groups is 1. The Morgan fingerprint density at radius 3 is 2.56 bits per heavy atom. The van der Waals surface area contributed by atoms with Crippen LogP contribution in [0.15, 0.2) is 24.3 Å². The van der Waals surface area contributed by atoms with Crippen molar-refractivity contribution in [3.05, 3.63) is 35.6 Å². The predicted molar refractivity (Wildman–Crippen MR) is 62.6 cm³/mol. The van der Waals surface area contributed by atoms with E-state index in [1.807, 2.05) is 6.92 Å². The molecule has 0 aliphatic rings. The highest BCUT2D eigenvalue weighted by molar-refractivity contribution is 5.80. The molecule has 2 nitrogen and oxygen atoms in total. The molecular weight excluding hydrogens is 205 g/mol. The van der Waals surface area contributed by atoms with E-state index in [0.717, 1.165) is 18.4 Å². The normalized spacial score (nSPS) is 12.4. The Morgan fingerprint density at radius 2 is 2.00 bits per heavy atom. The van der Waals surface area contributed by atoms with Crippen molar-refractivity contribution in [3.63, 3.8) is 0 Å². The predicted octanol–water partition coefficient (Wildman–Crippen LogP) is 2.45. The zero-order chi connectivity index (χ0) is 12.0. The SMILES string of the molecule is CC(N)CCCC(=O)Cc1ccc(F)cc1. The molecule has 1 atom stereocenters. The monoisotopic (exact) mass is 223 g/mol. The van der Waals surface area contributed by atoms with Crippen molar-refractivity contribution in [2.45, 2.75) is 38.6 Å². The van der Waals surface area contributed by atoms with Crippen molar-refractivity contribution in [1.82, 2.24) is 0 Å².